The lowest BCUT2D eigenvalue weighted by Crippen LogP contribution is -2.09. The van der Waals surface area contributed by atoms with Crippen molar-refractivity contribution in [3.8, 4) is 0 Å². The van der Waals surface area contributed by atoms with E-state index in [9.17, 15) is 14.9 Å². The van der Waals surface area contributed by atoms with E-state index in [1.165, 1.54) is 46.6 Å². The summed E-state index contributed by atoms with van der Waals surface area (Å²) in [5.41, 5.74) is 0.892. The molecule has 0 aliphatic carbocycles. The maximum Gasteiger partial charge on any atom is 0.269 e. The van der Waals surface area contributed by atoms with Crippen LogP contribution in [-0.2, 0) is 5.75 Å². The van der Waals surface area contributed by atoms with Gasteiger partial charge in [-0.3, -0.25) is 20.2 Å². The second-order valence-corrected chi connectivity index (χ2v) is 7.67. The molecule has 1 aromatic carbocycles. The van der Waals surface area contributed by atoms with Gasteiger partial charge in [-0.1, -0.05) is 41.3 Å². The number of rotatable bonds is 6. The Morgan fingerprint density at radius 1 is 1.29 bits per heavy atom. The molecule has 1 N–H and O–H groups in total. The number of thioether (sulfide) groups is 1. The van der Waals surface area contributed by atoms with E-state index in [-0.39, 0.29) is 11.6 Å². The quantitative estimate of drug-likeness (QED) is 0.301. The van der Waals surface area contributed by atoms with Crippen LogP contribution in [-0.4, -0.2) is 21.0 Å². The summed E-state index contributed by atoms with van der Waals surface area (Å²) in [5, 5.41) is 23.7. The van der Waals surface area contributed by atoms with Crippen molar-refractivity contribution in [3.63, 3.8) is 0 Å². The van der Waals surface area contributed by atoms with Crippen molar-refractivity contribution in [2.75, 3.05) is 5.32 Å². The molecule has 1 amide bonds. The third kappa shape index (κ3) is 4.16. The number of carbonyl (C=O) groups is 1. The van der Waals surface area contributed by atoms with Gasteiger partial charge in [-0.05, 0) is 17.0 Å². The number of thiophene rings is 1. The van der Waals surface area contributed by atoms with Crippen LogP contribution in [0.1, 0.15) is 15.2 Å². The van der Waals surface area contributed by atoms with E-state index in [0.717, 1.165) is 5.56 Å². The van der Waals surface area contributed by atoms with E-state index in [1.54, 1.807) is 18.2 Å². The van der Waals surface area contributed by atoms with Crippen LogP contribution in [0.2, 0.25) is 0 Å². The number of carbonyl (C=O) groups excluding carboxylic acids is 1. The predicted molar refractivity (Wildman–Crippen MR) is 94.8 cm³/mol. The van der Waals surface area contributed by atoms with Crippen LogP contribution in [0, 0.1) is 10.1 Å². The van der Waals surface area contributed by atoms with E-state index < -0.39 is 4.92 Å². The zero-order valence-corrected chi connectivity index (χ0v) is 14.5. The minimum absolute atomic E-state index is 0.0641. The fourth-order valence-electron chi connectivity index (χ4n) is 1.79. The molecular formula is C14H10N4O3S3. The van der Waals surface area contributed by atoms with Gasteiger partial charge in [-0.25, -0.2) is 0 Å². The van der Waals surface area contributed by atoms with Gasteiger partial charge in [-0.15, -0.1) is 21.5 Å². The standard InChI is InChI=1S/C14H10N4O3S3/c19-12(11-5-2-6-22-11)15-13-16-17-14(24-13)23-8-9-3-1-4-10(7-9)18(20)21/h1-7H,8H2,(H,15,16,19). The molecule has 2 aromatic heterocycles. The van der Waals surface area contributed by atoms with Gasteiger partial charge in [-0.2, -0.15) is 0 Å². The van der Waals surface area contributed by atoms with Crippen molar-refractivity contribution >= 4 is 51.2 Å². The maximum absolute atomic E-state index is 11.9. The number of anilines is 1. The van der Waals surface area contributed by atoms with Crippen molar-refractivity contribution in [3.05, 3.63) is 62.3 Å². The van der Waals surface area contributed by atoms with Gasteiger partial charge in [0.15, 0.2) is 4.34 Å². The minimum atomic E-state index is -0.419. The van der Waals surface area contributed by atoms with E-state index >= 15 is 0 Å². The number of nitrogens with zero attached hydrogens (tertiary/aromatic N) is 3. The lowest BCUT2D eigenvalue weighted by atomic mass is 10.2. The van der Waals surface area contributed by atoms with E-state index in [4.69, 9.17) is 0 Å². The van der Waals surface area contributed by atoms with Crippen LogP contribution in [0.25, 0.3) is 0 Å². The molecule has 0 unspecified atom stereocenters. The Balaban J connectivity index is 1.59. The summed E-state index contributed by atoms with van der Waals surface area (Å²) < 4.78 is 0.683. The summed E-state index contributed by atoms with van der Waals surface area (Å²) in [5.74, 6) is 0.325. The molecule has 0 aliphatic rings. The summed E-state index contributed by atoms with van der Waals surface area (Å²) in [4.78, 5) is 22.9. The molecule has 122 valence electrons. The molecule has 0 spiro atoms. The fraction of sp³-hybridized carbons (Fsp3) is 0.0714. The van der Waals surface area contributed by atoms with E-state index in [2.05, 4.69) is 15.5 Å². The molecule has 0 saturated heterocycles. The number of hydrogen-bond acceptors (Lipinski definition) is 8. The average molecular weight is 378 g/mol. The molecule has 0 bridgehead atoms. The second-order valence-electron chi connectivity index (χ2n) is 4.52. The molecular weight excluding hydrogens is 368 g/mol. The Bertz CT molecular complexity index is 864. The molecule has 0 atom stereocenters. The molecule has 3 aromatic rings. The molecule has 3 rings (SSSR count). The number of benzene rings is 1. The number of hydrogen-bond donors (Lipinski definition) is 1. The van der Waals surface area contributed by atoms with Crippen molar-refractivity contribution in [1.82, 2.24) is 10.2 Å². The van der Waals surface area contributed by atoms with Gasteiger partial charge in [0.05, 0.1) is 9.80 Å². The smallest absolute Gasteiger partial charge is 0.269 e. The van der Waals surface area contributed by atoms with Crippen molar-refractivity contribution in [2.45, 2.75) is 10.1 Å². The molecule has 7 nitrogen and oxygen atoms in total. The molecule has 10 heteroatoms. The number of nitrogens with one attached hydrogen (secondary N) is 1. The Morgan fingerprint density at radius 3 is 2.92 bits per heavy atom. The van der Waals surface area contributed by atoms with E-state index in [1.807, 2.05) is 11.4 Å². The monoisotopic (exact) mass is 378 g/mol. The summed E-state index contributed by atoms with van der Waals surface area (Å²) in [6, 6.07) is 10.0. The fourth-order valence-corrected chi connectivity index (χ4v) is 4.10. The highest BCUT2D eigenvalue weighted by molar-refractivity contribution is 8.00. The first kappa shape index (κ1) is 16.6. The number of amides is 1. The largest absolute Gasteiger partial charge is 0.296 e. The third-order valence-electron chi connectivity index (χ3n) is 2.86. The van der Waals surface area contributed by atoms with Crippen molar-refractivity contribution < 1.29 is 9.72 Å². The summed E-state index contributed by atoms with van der Waals surface area (Å²) in [7, 11) is 0. The molecule has 0 radical (unpaired) electrons. The van der Waals surface area contributed by atoms with Crippen LogP contribution in [0.4, 0.5) is 10.8 Å². The van der Waals surface area contributed by atoms with Gasteiger partial charge in [0.25, 0.3) is 11.6 Å². The van der Waals surface area contributed by atoms with Crippen LogP contribution < -0.4 is 5.32 Å². The lowest BCUT2D eigenvalue weighted by molar-refractivity contribution is -0.384. The van der Waals surface area contributed by atoms with E-state index in [0.29, 0.717) is 20.1 Å². The zero-order valence-electron chi connectivity index (χ0n) is 12.0. The summed E-state index contributed by atoms with van der Waals surface area (Å²) in [6.07, 6.45) is 0. The topological polar surface area (TPSA) is 98.0 Å². The molecule has 0 aliphatic heterocycles. The minimum Gasteiger partial charge on any atom is -0.296 e. The number of nitro benzene ring substituents is 1. The Hall–Kier alpha value is -2.30. The van der Waals surface area contributed by atoms with Gasteiger partial charge in [0.1, 0.15) is 0 Å². The zero-order chi connectivity index (χ0) is 16.9. The van der Waals surface area contributed by atoms with Crippen LogP contribution >= 0.6 is 34.4 Å². The van der Waals surface area contributed by atoms with Gasteiger partial charge in [0.2, 0.25) is 5.13 Å². The van der Waals surface area contributed by atoms with Gasteiger partial charge < -0.3 is 0 Å². The van der Waals surface area contributed by atoms with Crippen molar-refractivity contribution in [2.24, 2.45) is 0 Å². The normalized spacial score (nSPS) is 10.5. The SMILES string of the molecule is O=C(Nc1nnc(SCc2cccc([N+](=O)[O-])c2)s1)c1cccs1. The second kappa shape index (κ2) is 7.51. The number of non-ortho nitro benzene ring substituents is 1. The number of aromatic nitrogens is 2. The Labute approximate surface area is 148 Å². The molecule has 0 saturated carbocycles. The maximum atomic E-state index is 11.9. The first-order chi connectivity index (χ1) is 11.6. The highest BCUT2D eigenvalue weighted by Gasteiger charge is 2.12. The first-order valence-electron chi connectivity index (χ1n) is 6.66. The average Bonchev–Trinajstić information content (AvgIpc) is 3.25. The van der Waals surface area contributed by atoms with Gasteiger partial charge in [0, 0.05) is 17.9 Å². The Morgan fingerprint density at radius 2 is 2.17 bits per heavy atom. The number of nitro groups is 1. The predicted octanol–water partition coefficient (Wildman–Crippen LogP) is 4.05. The lowest BCUT2D eigenvalue weighted by Gasteiger charge is -1.98. The van der Waals surface area contributed by atoms with Crippen LogP contribution in [0.3, 0.4) is 0 Å². The van der Waals surface area contributed by atoms with Crippen LogP contribution in [0.5, 0.6) is 0 Å². The highest BCUT2D eigenvalue weighted by atomic mass is 32.2. The summed E-state index contributed by atoms with van der Waals surface area (Å²) in [6.45, 7) is 0. The van der Waals surface area contributed by atoms with Gasteiger partial charge >= 0.3 is 0 Å². The third-order valence-corrected chi connectivity index (χ3v) is 5.77. The first-order valence-corrected chi connectivity index (χ1v) is 9.34. The molecule has 24 heavy (non-hydrogen) atoms. The highest BCUT2D eigenvalue weighted by Crippen LogP contribution is 2.29. The van der Waals surface area contributed by atoms with Crippen LogP contribution in [0.15, 0.2) is 46.1 Å². The Kier molecular flexibility index (Phi) is 5.18. The molecule has 2 heterocycles. The van der Waals surface area contributed by atoms with Crippen molar-refractivity contribution in [1.29, 1.82) is 0 Å². The summed E-state index contributed by atoms with van der Waals surface area (Å²) >= 11 is 4.03. The molecule has 0 fully saturated rings.